The highest BCUT2D eigenvalue weighted by atomic mass is 19.1. The number of hydrogen-bond acceptors (Lipinski definition) is 3. The molecule has 0 radical (unpaired) electrons. The van der Waals surface area contributed by atoms with Crippen LogP contribution in [-0.4, -0.2) is 34.2 Å². The number of pyridine rings is 1. The second kappa shape index (κ2) is 4.37. The second-order valence-corrected chi connectivity index (χ2v) is 3.82. The summed E-state index contributed by atoms with van der Waals surface area (Å²) >= 11 is 0. The van der Waals surface area contributed by atoms with Crippen LogP contribution in [0.2, 0.25) is 0 Å². The molecule has 5 heteroatoms. The third kappa shape index (κ3) is 2.18. The number of rotatable bonds is 3. The maximum Gasteiger partial charge on any atom is 0.243 e. The van der Waals surface area contributed by atoms with Gasteiger partial charge in [0.1, 0.15) is 5.65 Å². The molecule has 0 spiro atoms. The van der Waals surface area contributed by atoms with E-state index in [1.807, 2.05) is 0 Å². The van der Waals surface area contributed by atoms with Crippen molar-refractivity contribution < 1.29 is 9.18 Å². The van der Waals surface area contributed by atoms with Crippen molar-refractivity contribution in [3.63, 3.8) is 0 Å². The second-order valence-electron chi connectivity index (χ2n) is 3.82. The Hall–Kier alpha value is -2.17. The lowest BCUT2D eigenvalue weighted by Crippen LogP contribution is -2.06. The zero-order valence-corrected chi connectivity index (χ0v) is 9.59. The van der Waals surface area contributed by atoms with Crippen LogP contribution in [0.15, 0.2) is 36.7 Å². The van der Waals surface area contributed by atoms with E-state index in [2.05, 4.69) is 4.98 Å². The van der Waals surface area contributed by atoms with Gasteiger partial charge in [0.05, 0.1) is 0 Å². The molecule has 0 saturated carbocycles. The van der Waals surface area contributed by atoms with Gasteiger partial charge in [-0.25, -0.2) is 0 Å². The lowest BCUT2D eigenvalue weighted by Gasteiger charge is -2.02. The van der Waals surface area contributed by atoms with E-state index in [1.165, 1.54) is 10.5 Å². The molecule has 0 fully saturated rings. The van der Waals surface area contributed by atoms with Crippen molar-refractivity contribution in [2.45, 2.75) is 0 Å². The highest BCUT2D eigenvalue weighted by molar-refractivity contribution is 6.03. The Balaban J connectivity index is 2.48. The van der Waals surface area contributed by atoms with Crippen molar-refractivity contribution in [2.75, 3.05) is 14.1 Å². The zero-order chi connectivity index (χ0) is 12.4. The zero-order valence-electron chi connectivity index (χ0n) is 9.59. The van der Waals surface area contributed by atoms with Gasteiger partial charge >= 0.3 is 0 Å². The maximum atomic E-state index is 13.6. The van der Waals surface area contributed by atoms with Crippen molar-refractivity contribution in [1.82, 2.24) is 14.3 Å². The molecule has 0 aromatic carbocycles. The topological polar surface area (TPSA) is 37.6 Å². The molecular weight excluding hydrogens is 221 g/mol. The molecule has 2 rings (SSSR count). The van der Waals surface area contributed by atoms with Gasteiger partial charge in [-0.2, -0.15) is 9.37 Å². The Morgan fingerprint density at radius 2 is 2.24 bits per heavy atom. The molecule has 17 heavy (non-hydrogen) atoms. The Labute approximate surface area is 98.0 Å². The summed E-state index contributed by atoms with van der Waals surface area (Å²) in [4.78, 5) is 17.2. The van der Waals surface area contributed by atoms with E-state index in [4.69, 9.17) is 0 Å². The standard InChI is InChI=1S/C12H12FN3O/c1-15(2)8-6-9(17)11-12(13)14-10-5-3-4-7-16(10)11/h3-8H,1-2H3/b8-6+. The number of halogens is 1. The Bertz CT molecular complexity index is 586. The number of imidazole rings is 1. The first-order valence-electron chi connectivity index (χ1n) is 5.11. The summed E-state index contributed by atoms with van der Waals surface area (Å²) in [5, 5.41) is 0. The highest BCUT2D eigenvalue weighted by Gasteiger charge is 2.16. The van der Waals surface area contributed by atoms with Crippen LogP contribution in [0.3, 0.4) is 0 Å². The monoisotopic (exact) mass is 233 g/mol. The third-order valence-electron chi connectivity index (χ3n) is 2.24. The number of ketones is 1. The number of hydrogen-bond donors (Lipinski definition) is 0. The predicted molar refractivity (Wildman–Crippen MR) is 62.3 cm³/mol. The summed E-state index contributed by atoms with van der Waals surface area (Å²) in [6.45, 7) is 0. The fourth-order valence-electron chi connectivity index (χ4n) is 1.48. The third-order valence-corrected chi connectivity index (χ3v) is 2.24. The molecule has 2 heterocycles. The molecular formula is C12H12FN3O. The molecule has 0 unspecified atom stereocenters. The van der Waals surface area contributed by atoms with Gasteiger partial charge in [0.2, 0.25) is 11.7 Å². The largest absolute Gasteiger partial charge is 0.383 e. The molecule has 0 aliphatic rings. The van der Waals surface area contributed by atoms with E-state index in [1.54, 1.807) is 49.6 Å². The first kappa shape index (κ1) is 11.3. The van der Waals surface area contributed by atoms with Gasteiger partial charge in [-0.05, 0) is 12.1 Å². The quantitative estimate of drug-likeness (QED) is 0.598. The number of allylic oxidation sites excluding steroid dienone is 1. The molecule has 88 valence electrons. The SMILES string of the molecule is CN(C)/C=C/C(=O)c1c(F)nc2ccccn12. The first-order chi connectivity index (χ1) is 8.09. The van der Waals surface area contributed by atoms with E-state index in [9.17, 15) is 9.18 Å². The normalized spacial score (nSPS) is 11.2. The smallest absolute Gasteiger partial charge is 0.243 e. The first-order valence-corrected chi connectivity index (χ1v) is 5.11. The molecule has 0 aliphatic carbocycles. The van der Waals surface area contributed by atoms with Crippen LogP contribution in [0.5, 0.6) is 0 Å². The minimum absolute atomic E-state index is 0.0429. The fourth-order valence-corrected chi connectivity index (χ4v) is 1.48. The van der Waals surface area contributed by atoms with Gasteiger partial charge in [0, 0.05) is 32.6 Å². The molecule has 0 bridgehead atoms. The van der Waals surface area contributed by atoms with Crippen molar-refractivity contribution in [3.8, 4) is 0 Å². The van der Waals surface area contributed by atoms with Crippen LogP contribution in [0, 0.1) is 5.95 Å². The predicted octanol–water partition coefficient (Wildman–Crippen LogP) is 1.73. The summed E-state index contributed by atoms with van der Waals surface area (Å²) in [6, 6.07) is 5.11. The molecule has 0 aliphatic heterocycles. The fraction of sp³-hybridized carbons (Fsp3) is 0.167. The Kier molecular flexibility index (Phi) is 2.91. The Morgan fingerprint density at radius 3 is 2.94 bits per heavy atom. The summed E-state index contributed by atoms with van der Waals surface area (Å²) in [7, 11) is 3.57. The van der Waals surface area contributed by atoms with Crippen LogP contribution in [0.1, 0.15) is 10.5 Å². The molecule has 0 N–H and O–H groups in total. The van der Waals surface area contributed by atoms with Crippen molar-refractivity contribution in [3.05, 3.63) is 48.3 Å². The Morgan fingerprint density at radius 1 is 1.47 bits per heavy atom. The van der Waals surface area contributed by atoms with E-state index in [0.717, 1.165) is 0 Å². The van der Waals surface area contributed by atoms with Crippen molar-refractivity contribution >= 4 is 11.4 Å². The lowest BCUT2D eigenvalue weighted by molar-refractivity contribution is 0.103. The number of carbonyl (C=O) groups excluding carboxylic acids is 1. The minimum atomic E-state index is -0.746. The average molecular weight is 233 g/mol. The number of carbonyl (C=O) groups is 1. The lowest BCUT2D eigenvalue weighted by atomic mass is 10.3. The van der Waals surface area contributed by atoms with E-state index < -0.39 is 11.7 Å². The molecule has 2 aromatic heterocycles. The number of nitrogens with zero attached hydrogens (tertiary/aromatic N) is 3. The van der Waals surface area contributed by atoms with Gasteiger partial charge in [0.15, 0.2) is 5.69 Å². The van der Waals surface area contributed by atoms with E-state index in [-0.39, 0.29) is 5.69 Å². The van der Waals surface area contributed by atoms with Crippen LogP contribution in [-0.2, 0) is 0 Å². The van der Waals surface area contributed by atoms with Crippen LogP contribution >= 0.6 is 0 Å². The van der Waals surface area contributed by atoms with Crippen molar-refractivity contribution in [2.24, 2.45) is 0 Å². The van der Waals surface area contributed by atoms with Gasteiger partial charge < -0.3 is 4.90 Å². The minimum Gasteiger partial charge on any atom is -0.383 e. The highest BCUT2D eigenvalue weighted by Crippen LogP contribution is 2.12. The number of aromatic nitrogens is 2. The van der Waals surface area contributed by atoms with E-state index >= 15 is 0 Å². The van der Waals surface area contributed by atoms with Crippen LogP contribution < -0.4 is 0 Å². The molecule has 0 atom stereocenters. The van der Waals surface area contributed by atoms with Crippen LogP contribution in [0.4, 0.5) is 4.39 Å². The summed E-state index contributed by atoms with van der Waals surface area (Å²) in [6.07, 6.45) is 4.51. The van der Waals surface area contributed by atoms with Crippen LogP contribution in [0.25, 0.3) is 5.65 Å². The summed E-state index contributed by atoms with van der Waals surface area (Å²) in [5.74, 6) is -1.15. The average Bonchev–Trinajstić information content (AvgIpc) is 2.61. The van der Waals surface area contributed by atoms with Gasteiger partial charge in [-0.1, -0.05) is 6.07 Å². The summed E-state index contributed by atoms with van der Waals surface area (Å²) in [5.41, 5.74) is 0.380. The molecule has 0 amide bonds. The maximum absolute atomic E-state index is 13.6. The molecule has 4 nitrogen and oxygen atoms in total. The molecule has 2 aromatic rings. The van der Waals surface area contributed by atoms with Crippen molar-refractivity contribution in [1.29, 1.82) is 0 Å². The summed E-state index contributed by atoms with van der Waals surface area (Å²) < 4.78 is 15.0. The van der Waals surface area contributed by atoms with Gasteiger partial charge in [-0.15, -0.1) is 0 Å². The van der Waals surface area contributed by atoms with Gasteiger partial charge in [0.25, 0.3) is 0 Å². The van der Waals surface area contributed by atoms with Gasteiger partial charge in [-0.3, -0.25) is 9.20 Å². The molecule has 0 saturated heterocycles. The number of fused-ring (bicyclic) bond motifs is 1. The van der Waals surface area contributed by atoms with E-state index in [0.29, 0.717) is 5.65 Å².